The van der Waals surface area contributed by atoms with Gasteiger partial charge in [-0.25, -0.2) is 0 Å². The molecule has 3 saturated carbocycles. The number of nitrogens with zero attached hydrogens (tertiary/aromatic N) is 2. The Kier molecular flexibility index (Phi) is 6.57. The number of oxime groups is 1. The van der Waals surface area contributed by atoms with Crippen molar-refractivity contribution in [2.24, 2.45) is 32.9 Å². The molecule has 0 aromatic rings. The van der Waals surface area contributed by atoms with Gasteiger partial charge in [-0.05, 0) is 38.5 Å². The van der Waals surface area contributed by atoms with Crippen molar-refractivity contribution in [2.45, 2.75) is 57.1 Å². The van der Waals surface area contributed by atoms with E-state index in [9.17, 15) is 44.3 Å². The maximum atomic E-state index is 12.1. The summed E-state index contributed by atoms with van der Waals surface area (Å²) in [5.41, 5.74) is 3.27. The first-order chi connectivity index (χ1) is 13.4. The van der Waals surface area contributed by atoms with Gasteiger partial charge in [-0.2, -0.15) is 44.8 Å². The zero-order chi connectivity index (χ0) is 23.8. The Morgan fingerprint density at radius 1 is 0.800 bits per heavy atom. The van der Waals surface area contributed by atoms with Gasteiger partial charge in [0.1, 0.15) is 10.8 Å². The summed E-state index contributed by atoms with van der Waals surface area (Å²) < 4.78 is 107. The van der Waals surface area contributed by atoms with E-state index in [0.717, 1.165) is 0 Å². The molecule has 0 unspecified atom stereocenters. The quantitative estimate of drug-likeness (QED) is 0.192. The fourth-order valence-electron chi connectivity index (χ4n) is 2.28. The van der Waals surface area contributed by atoms with Gasteiger partial charge in [-0.1, -0.05) is 5.16 Å². The number of alkyl halides is 9. The van der Waals surface area contributed by atoms with Crippen LogP contribution in [0.1, 0.15) is 38.5 Å². The third kappa shape index (κ3) is 4.84. The minimum atomic E-state index is -4.45. The maximum Gasteiger partial charge on any atom is 0.407 e. The zero-order valence-electron chi connectivity index (χ0n) is 15.0. The van der Waals surface area contributed by atoms with Gasteiger partial charge in [0, 0.05) is 0 Å². The number of carbonyl (C=O) groups excluding carboxylic acids is 1. The molecule has 0 saturated heterocycles. The Morgan fingerprint density at radius 3 is 1.20 bits per heavy atom. The molecule has 0 aromatic heterocycles. The molecule has 0 aliphatic heterocycles. The normalized spacial score (nSPS) is 22.9. The summed E-state index contributed by atoms with van der Waals surface area (Å²) in [6.45, 7) is 0. The van der Waals surface area contributed by atoms with Crippen LogP contribution in [0.2, 0.25) is 0 Å². The number of nitrogens with two attached hydrogens (primary N) is 2. The van der Waals surface area contributed by atoms with Gasteiger partial charge in [0.05, 0.1) is 6.07 Å². The van der Waals surface area contributed by atoms with Crippen LogP contribution in [0.15, 0.2) is 5.16 Å². The predicted octanol–water partition coefficient (Wildman–Crippen LogP) is 3.74. The molecule has 1 amide bonds. The summed E-state index contributed by atoms with van der Waals surface area (Å²) in [6, 6.07) is 1.27. The van der Waals surface area contributed by atoms with Crippen LogP contribution in [-0.2, 0) is 4.79 Å². The van der Waals surface area contributed by atoms with Crippen molar-refractivity contribution in [3.05, 3.63) is 0 Å². The summed E-state index contributed by atoms with van der Waals surface area (Å²) in [7, 11) is 0. The van der Waals surface area contributed by atoms with Crippen molar-refractivity contribution in [1.29, 1.82) is 5.26 Å². The number of halogens is 9. The highest BCUT2D eigenvalue weighted by atomic mass is 19.4. The molecule has 3 aliphatic carbocycles. The summed E-state index contributed by atoms with van der Waals surface area (Å²) in [6.07, 6.45) is -13.6. The van der Waals surface area contributed by atoms with Crippen molar-refractivity contribution in [3.8, 4) is 6.07 Å². The average Bonchev–Trinajstić information content (AvgIpc) is 3.48. The Bertz CT molecular complexity index is 722. The van der Waals surface area contributed by atoms with Crippen molar-refractivity contribution in [2.75, 3.05) is 0 Å². The number of carbonyl (C=O) groups is 1. The summed E-state index contributed by atoms with van der Waals surface area (Å²) in [5, 5.41) is 18.4. The second-order valence-corrected chi connectivity index (χ2v) is 7.20. The molecule has 0 aromatic carbocycles. The number of rotatable bonds is 2. The molecule has 0 atom stereocenters. The molecule has 6 nitrogen and oxygen atoms in total. The topological polar surface area (TPSA) is 125 Å². The lowest BCUT2D eigenvalue weighted by Gasteiger charge is -2.16. The number of amidine groups is 1. The van der Waals surface area contributed by atoms with Crippen molar-refractivity contribution >= 4 is 11.7 Å². The lowest BCUT2D eigenvalue weighted by atomic mass is 10.1. The molecule has 30 heavy (non-hydrogen) atoms. The lowest BCUT2D eigenvalue weighted by molar-refractivity contribution is -0.190. The number of nitriles is 1. The first kappa shape index (κ1) is 25.6. The molecular weight excluding hydrogens is 439 g/mol. The Balaban J connectivity index is 0.000000226. The molecule has 0 spiro atoms. The minimum Gasteiger partial charge on any atom is -0.409 e. The van der Waals surface area contributed by atoms with Gasteiger partial charge >= 0.3 is 18.5 Å². The highest BCUT2D eigenvalue weighted by molar-refractivity contribution is 5.89. The standard InChI is InChI=1S/C5H7F3N2O.C5H6F3NO.C5H4F3N/c6-5(7,8)4(1-2-4)3(9)10-11;6-5(7,8)4(1-2-4)3(9)10;6-5(7,8)4(3-9)1-2-4/h11H,1-2H2,(H2,9,10);1-2H2,(H2,9,10);1-2H2. The second kappa shape index (κ2) is 7.69. The summed E-state index contributed by atoms with van der Waals surface area (Å²) >= 11 is 0. The van der Waals surface area contributed by atoms with Crippen LogP contribution < -0.4 is 11.5 Å². The molecule has 0 bridgehead atoms. The summed E-state index contributed by atoms with van der Waals surface area (Å²) in [5.74, 6) is -1.98. The van der Waals surface area contributed by atoms with Crippen LogP contribution in [0.3, 0.4) is 0 Å². The summed E-state index contributed by atoms with van der Waals surface area (Å²) in [4.78, 5) is 10.2. The van der Waals surface area contributed by atoms with E-state index in [4.69, 9.17) is 16.2 Å². The van der Waals surface area contributed by atoms with Crippen LogP contribution in [0.4, 0.5) is 39.5 Å². The van der Waals surface area contributed by atoms with E-state index in [-0.39, 0.29) is 38.5 Å². The predicted molar refractivity (Wildman–Crippen MR) is 81.4 cm³/mol. The van der Waals surface area contributed by atoms with Gasteiger partial charge in [0.25, 0.3) is 0 Å². The van der Waals surface area contributed by atoms with Crippen LogP contribution in [0.25, 0.3) is 0 Å². The molecule has 3 fully saturated rings. The molecule has 3 rings (SSSR count). The number of hydrogen-bond donors (Lipinski definition) is 3. The van der Waals surface area contributed by atoms with Crippen LogP contribution in [0, 0.1) is 27.6 Å². The molecule has 0 radical (unpaired) electrons. The average molecular weight is 456 g/mol. The SMILES string of the molecule is N#CC1(C(F)(F)F)CC1.NC(=NO)C1(C(F)(F)F)CC1.NC(=O)C1(C(F)(F)F)CC1. The monoisotopic (exact) mass is 456 g/mol. The molecular formula is C15H17F9N4O2. The third-order valence-electron chi connectivity index (χ3n) is 5.16. The van der Waals surface area contributed by atoms with E-state index in [1.165, 1.54) is 6.07 Å². The Hall–Kier alpha value is -2.40. The highest BCUT2D eigenvalue weighted by Gasteiger charge is 2.68. The largest absolute Gasteiger partial charge is 0.409 e. The highest BCUT2D eigenvalue weighted by Crippen LogP contribution is 2.58. The molecule has 0 heterocycles. The van der Waals surface area contributed by atoms with Gasteiger partial charge in [0.15, 0.2) is 11.3 Å². The lowest BCUT2D eigenvalue weighted by Crippen LogP contribution is -2.37. The van der Waals surface area contributed by atoms with E-state index in [1.807, 2.05) is 0 Å². The maximum absolute atomic E-state index is 12.1. The van der Waals surface area contributed by atoms with Crippen molar-refractivity contribution < 1.29 is 49.5 Å². The van der Waals surface area contributed by atoms with E-state index >= 15 is 0 Å². The van der Waals surface area contributed by atoms with Gasteiger partial charge in [-0.3, -0.25) is 4.79 Å². The van der Waals surface area contributed by atoms with Crippen LogP contribution in [0.5, 0.6) is 0 Å². The van der Waals surface area contributed by atoms with Crippen LogP contribution >= 0.6 is 0 Å². The molecule has 172 valence electrons. The third-order valence-corrected chi connectivity index (χ3v) is 5.16. The molecule has 15 heteroatoms. The minimum absolute atomic E-state index is 0.0208. The fourth-order valence-corrected chi connectivity index (χ4v) is 2.28. The van der Waals surface area contributed by atoms with Crippen molar-refractivity contribution in [3.63, 3.8) is 0 Å². The fraction of sp³-hybridized carbons (Fsp3) is 0.800. The second-order valence-electron chi connectivity index (χ2n) is 7.20. The van der Waals surface area contributed by atoms with Gasteiger partial charge in [-0.15, -0.1) is 0 Å². The first-order valence-corrected chi connectivity index (χ1v) is 8.25. The molecule has 5 N–H and O–H groups in total. The Morgan fingerprint density at radius 2 is 1.17 bits per heavy atom. The van der Waals surface area contributed by atoms with Crippen molar-refractivity contribution in [1.82, 2.24) is 0 Å². The van der Waals surface area contributed by atoms with Crippen LogP contribution in [-0.4, -0.2) is 35.5 Å². The number of hydrogen-bond acceptors (Lipinski definition) is 4. The van der Waals surface area contributed by atoms with E-state index in [0.29, 0.717) is 0 Å². The molecule has 3 aliphatic rings. The first-order valence-electron chi connectivity index (χ1n) is 8.25. The van der Waals surface area contributed by atoms with E-state index in [2.05, 4.69) is 10.9 Å². The zero-order valence-corrected chi connectivity index (χ0v) is 15.0. The van der Waals surface area contributed by atoms with E-state index < -0.39 is 46.5 Å². The van der Waals surface area contributed by atoms with Gasteiger partial charge in [0.2, 0.25) is 5.91 Å². The van der Waals surface area contributed by atoms with Gasteiger partial charge < -0.3 is 16.7 Å². The Labute approximate surface area is 163 Å². The number of primary amides is 1. The number of amides is 1. The van der Waals surface area contributed by atoms with E-state index in [1.54, 1.807) is 0 Å². The smallest absolute Gasteiger partial charge is 0.407 e.